The van der Waals surface area contributed by atoms with Crippen LogP contribution in [0.3, 0.4) is 0 Å². The zero-order valence-electron chi connectivity index (χ0n) is 17.8. The van der Waals surface area contributed by atoms with Gasteiger partial charge in [0.15, 0.2) is 0 Å². The molecule has 160 valence electrons. The lowest BCUT2D eigenvalue weighted by Crippen LogP contribution is -2.23. The van der Waals surface area contributed by atoms with Crippen molar-refractivity contribution in [2.75, 3.05) is 0 Å². The first-order valence-corrected chi connectivity index (χ1v) is 10.7. The van der Waals surface area contributed by atoms with E-state index in [9.17, 15) is 4.79 Å². The fraction of sp³-hybridized carbons (Fsp3) is 0.273. The van der Waals surface area contributed by atoms with Gasteiger partial charge in [-0.25, -0.2) is 9.78 Å². The van der Waals surface area contributed by atoms with Gasteiger partial charge in [-0.1, -0.05) is 35.6 Å². The molecule has 2 aromatic heterocycles. The van der Waals surface area contributed by atoms with Gasteiger partial charge in [-0.3, -0.25) is 0 Å². The minimum atomic E-state index is -0.313. The topological polar surface area (TPSA) is 84.1 Å². The Morgan fingerprint density at radius 1 is 1.13 bits per heavy atom. The first-order valence-electron chi connectivity index (χ1n) is 9.85. The summed E-state index contributed by atoms with van der Waals surface area (Å²) in [6, 6.07) is 13.5. The molecule has 0 fully saturated rings. The number of benzene rings is 2. The predicted octanol–water partition coefficient (Wildman–Crippen LogP) is 3.76. The molecular formula is C22H23N5O3S. The summed E-state index contributed by atoms with van der Waals surface area (Å²) in [5.41, 5.74) is 3.97. The maximum Gasteiger partial charge on any atom is 0.368 e. The molecule has 0 saturated carbocycles. The summed E-state index contributed by atoms with van der Waals surface area (Å²) >= 11 is 1.42. The van der Waals surface area contributed by atoms with Crippen LogP contribution in [0.15, 0.2) is 52.6 Å². The fourth-order valence-electron chi connectivity index (χ4n) is 3.13. The van der Waals surface area contributed by atoms with Crippen molar-refractivity contribution >= 4 is 11.3 Å². The second-order valence-corrected chi connectivity index (χ2v) is 8.17. The Kier molecular flexibility index (Phi) is 5.85. The van der Waals surface area contributed by atoms with Crippen LogP contribution < -0.4 is 15.2 Å². The van der Waals surface area contributed by atoms with Crippen molar-refractivity contribution in [1.82, 2.24) is 24.8 Å². The Morgan fingerprint density at radius 3 is 2.68 bits per heavy atom. The molecule has 9 heteroatoms. The summed E-state index contributed by atoms with van der Waals surface area (Å²) in [5, 5.41) is 10.3. The highest BCUT2D eigenvalue weighted by molar-refractivity contribution is 7.11. The smallest absolute Gasteiger partial charge is 0.368 e. The van der Waals surface area contributed by atoms with Gasteiger partial charge in [-0.15, -0.1) is 0 Å². The summed E-state index contributed by atoms with van der Waals surface area (Å²) < 4.78 is 14.2. The number of hydrogen-bond acceptors (Lipinski definition) is 7. The van der Waals surface area contributed by atoms with E-state index in [-0.39, 0.29) is 18.4 Å². The van der Waals surface area contributed by atoms with Crippen molar-refractivity contribution in [3.63, 3.8) is 0 Å². The molecule has 8 nitrogen and oxygen atoms in total. The van der Waals surface area contributed by atoms with E-state index in [1.54, 1.807) is 7.05 Å². The normalized spacial score (nSPS) is 11.1. The number of ether oxygens (including phenoxy) is 2. The fourth-order valence-corrected chi connectivity index (χ4v) is 3.81. The van der Waals surface area contributed by atoms with Gasteiger partial charge in [-0.05, 0) is 55.0 Å². The third-order valence-electron chi connectivity index (χ3n) is 4.66. The van der Waals surface area contributed by atoms with E-state index < -0.39 is 0 Å². The third kappa shape index (κ3) is 4.51. The van der Waals surface area contributed by atoms with Crippen LogP contribution in [0.4, 0.5) is 0 Å². The van der Waals surface area contributed by atoms with Gasteiger partial charge < -0.3 is 9.47 Å². The molecule has 0 aliphatic carbocycles. The first-order chi connectivity index (χ1) is 14.9. The van der Waals surface area contributed by atoms with E-state index in [1.165, 1.54) is 20.7 Å². The molecule has 0 N–H and O–H groups in total. The molecule has 0 aliphatic heterocycles. The molecule has 2 aromatic carbocycles. The molecule has 0 atom stereocenters. The average molecular weight is 438 g/mol. The van der Waals surface area contributed by atoms with Crippen LogP contribution in [0.25, 0.3) is 16.9 Å². The predicted molar refractivity (Wildman–Crippen MR) is 119 cm³/mol. The third-order valence-corrected chi connectivity index (χ3v) is 5.41. The van der Waals surface area contributed by atoms with Gasteiger partial charge in [0, 0.05) is 23.6 Å². The highest BCUT2D eigenvalue weighted by Gasteiger charge is 2.15. The molecule has 0 unspecified atom stereocenters. The van der Waals surface area contributed by atoms with Crippen LogP contribution in [-0.4, -0.2) is 30.9 Å². The minimum Gasteiger partial charge on any atom is -0.491 e. The number of nitrogens with zero attached hydrogens (tertiary/aromatic N) is 5. The Morgan fingerprint density at radius 2 is 1.94 bits per heavy atom. The highest BCUT2D eigenvalue weighted by Crippen LogP contribution is 2.30. The second kappa shape index (κ2) is 8.73. The number of thiazole rings is 1. The molecule has 4 rings (SSSR count). The molecule has 0 radical (unpaired) electrons. The summed E-state index contributed by atoms with van der Waals surface area (Å²) in [5.74, 6) is 0.807. The number of rotatable bonds is 7. The van der Waals surface area contributed by atoms with Crippen molar-refractivity contribution in [2.45, 2.75) is 33.5 Å². The minimum absolute atomic E-state index is 0.106. The van der Waals surface area contributed by atoms with Gasteiger partial charge in [0.05, 0.1) is 17.5 Å². The Labute approximate surface area is 183 Å². The van der Waals surface area contributed by atoms with E-state index in [4.69, 9.17) is 9.47 Å². The van der Waals surface area contributed by atoms with Crippen LogP contribution in [0, 0.1) is 6.92 Å². The molecule has 0 spiro atoms. The quantitative estimate of drug-likeness (QED) is 0.438. The van der Waals surface area contributed by atoms with Gasteiger partial charge in [0.25, 0.3) is 5.19 Å². The first kappa shape index (κ1) is 20.8. The SMILES string of the molecule is Cc1cccc(-n2nnn(C)c2=O)c1COc1nc(-c2cccc(OC(C)C)c2)cs1. The van der Waals surface area contributed by atoms with Crippen LogP contribution in [-0.2, 0) is 13.7 Å². The molecule has 4 aromatic rings. The van der Waals surface area contributed by atoms with Gasteiger partial charge >= 0.3 is 5.69 Å². The van der Waals surface area contributed by atoms with Gasteiger partial charge in [0.2, 0.25) is 0 Å². The van der Waals surface area contributed by atoms with E-state index in [0.717, 1.165) is 28.1 Å². The van der Waals surface area contributed by atoms with Crippen molar-refractivity contribution in [3.05, 3.63) is 69.5 Å². The Hall–Kier alpha value is -3.46. The Balaban J connectivity index is 1.55. The molecule has 0 amide bonds. The number of tetrazole rings is 1. The van der Waals surface area contributed by atoms with Gasteiger partial charge in [-0.2, -0.15) is 9.36 Å². The molecule has 0 saturated heterocycles. The summed E-state index contributed by atoms with van der Waals surface area (Å²) in [6.07, 6.45) is 0.106. The maximum atomic E-state index is 12.3. The average Bonchev–Trinajstić information content (AvgIpc) is 3.34. The highest BCUT2D eigenvalue weighted by atomic mass is 32.1. The van der Waals surface area contributed by atoms with Crippen LogP contribution >= 0.6 is 11.3 Å². The van der Waals surface area contributed by atoms with Crippen molar-refractivity contribution in [3.8, 4) is 27.9 Å². The van der Waals surface area contributed by atoms with Crippen LogP contribution in [0.1, 0.15) is 25.0 Å². The van der Waals surface area contributed by atoms with Crippen molar-refractivity contribution in [1.29, 1.82) is 0 Å². The molecule has 0 aliphatic rings. The zero-order chi connectivity index (χ0) is 22.0. The summed E-state index contributed by atoms with van der Waals surface area (Å²) in [7, 11) is 1.57. The number of aromatic nitrogens is 5. The maximum absolute atomic E-state index is 12.3. The summed E-state index contributed by atoms with van der Waals surface area (Å²) in [6.45, 7) is 6.22. The number of hydrogen-bond donors (Lipinski definition) is 0. The summed E-state index contributed by atoms with van der Waals surface area (Å²) in [4.78, 5) is 16.9. The molecule has 0 bridgehead atoms. The number of aryl methyl sites for hydroxylation is 2. The van der Waals surface area contributed by atoms with E-state index in [1.807, 2.05) is 68.6 Å². The van der Waals surface area contributed by atoms with E-state index in [2.05, 4.69) is 15.4 Å². The standard InChI is InChI=1S/C22H23N5O3S/c1-14(2)30-17-9-6-8-16(11-17)19-13-31-21(23-19)29-12-18-15(3)7-5-10-20(18)27-22(28)26(4)24-25-27/h5-11,13-14H,12H2,1-4H3. The molecule has 31 heavy (non-hydrogen) atoms. The monoisotopic (exact) mass is 437 g/mol. The van der Waals surface area contributed by atoms with Crippen molar-refractivity contribution < 1.29 is 9.47 Å². The lowest BCUT2D eigenvalue weighted by molar-refractivity contribution is 0.242. The lowest BCUT2D eigenvalue weighted by Gasteiger charge is -2.11. The largest absolute Gasteiger partial charge is 0.491 e. The molecular weight excluding hydrogens is 414 g/mol. The van der Waals surface area contributed by atoms with Crippen LogP contribution in [0.2, 0.25) is 0 Å². The second-order valence-electron chi connectivity index (χ2n) is 7.35. The lowest BCUT2D eigenvalue weighted by atomic mass is 10.1. The van der Waals surface area contributed by atoms with Crippen LogP contribution in [0.5, 0.6) is 10.9 Å². The molecule has 2 heterocycles. The van der Waals surface area contributed by atoms with E-state index in [0.29, 0.717) is 10.9 Å². The van der Waals surface area contributed by atoms with Crippen molar-refractivity contribution in [2.24, 2.45) is 7.05 Å². The van der Waals surface area contributed by atoms with Gasteiger partial charge in [0.1, 0.15) is 12.4 Å². The zero-order valence-corrected chi connectivity index (χ0v) is 18.6. The Bertz CT molecular complexity index is 1260. The van der Waals surface area contributed by atoms with E-state index >= 15 is 0 Å².